The third-order valence-corrected chi connectivity index (χ3v) is 1.27. The molecule has 2 heteroatoms. The molecule has 0 N–H and O–H groups in total. The summed E-state index contributed by atoms with van der Waals surface area (Å²) >= 11 is 0. The fraction of sp³-hybridized carbons (Fsp3) is 0. The minimum Gasteiger partial charge on any atom is -0.192 e. The number of benzene rings is 1. The van der Waals surface area contributed by atoms with Gasteiger partial charge in [-0.1, -0.05) is 24.3 Å². The van der Waals surface area contributed by atoms with Gasteiger partial charge in [0.1, 0.15) is 17.7 Å². The second-order valence-corrected chi connectivity index (χ2v) is 2.10. The first-order valence-corrected chi connectivity index (χ1v) is 3.35. The molecule has 0 saturated carbocycles. The molecular weight excluding hydrogens is 148 g/mol. The summed E-state index contributed by atoms with van der Waals surface area (Å²) in [5, 5.41) is 16.9. The summed E-state index contributed by atoms with van der Waals surface area (Å²) in [5.41, 5.74) is 0.841. The zero-order valence-electron chi connectivity index (χ0n) is 6.28. The van der Waals surface area contributed by atoms with Crippen LogP contribution in [-0.2, 0) is 0 Å². The van der Waals surface area contributed by atoms with Crippen molar-refractivity contribution in [3.05, 3.63) is 41.5 Å². The van der Waals surface area contributed by atoms with Gasteiger partial charge in [0.05, 0.1) is 0 Å². The molecule has 0 aliphatic carbocycles. The summed E-state index contributed by atoms with van der Waals surface area (Å²) in [7, 11) is 0. The zero-order chi connectivity index (χ0) is 8.81. The van der Waals surface area contributed by atoms with E-state index in [1.165, 1.54) is 6.08 Å². The first kappa shape index (κ1) is 8.04. The number of nitrogens with zero attached hydrogens (tertiary/aromatic N) is 2. The van der Waals surface area contributed by atoms with Gasteiger partial charge in [-0.3, -0.25) is 0 Å². The summed E-state index contributed by atoms with van der Waals surface area (Å²) in [6.07, 6.45) is 1.50. The van der Waals surface area contributed by atoms with Crippen molar-refractivity contribution < 1.29 is 0 Å². The highest BCUT2D eigenvalue weighted by molar-refractivity contribution is 5.61. The maximum atomic E-state index is 8.43. The van der Waals surface area contributed by atoms with E-state index in [0.717, 1.165) is 5.56 Å². The molecule has 55 valence electrons. The van der Waals surface area contributed by atoms with Crippen LogP contribution in [-0.4, -0.2) is 0 Å². The molecule has 12 heavy (non-hydrogen) atoms. The SMILES string of the molecule is N#CC(C#N)=Cc1[c]cccc1. The van der Waals surface area contributed by atoms with Gasteiger partial charge in [0, 0.05) is 0 Å². The number of nitriles is 2. The molecule has 0 amide bonds. The van der Waals surface area contributed by atoms with E-state index in [0.29, 0.717) is 0 Å². The van der Waals surface area contributed by atoms with Crippen molar-refractivity contribution in [3.8, 4) is 12.1 Å². The number of allylic oxidation sites excluding steroid dienone is 1. The Morgan fingerprint density at radius 2 is 2.08 bits per heavy atom. The Balaban J connectivity index is 2.98. The minimum atomic E-state index is 0.0949. The van der Waals surface area contributed by atoms with Gasteiger partial charge in [-0.15, -0.1) is 0 Å². The van der Waals surface area contributed by atoms with Crippen molar-refractivity contribution in [3.63, 3.8) is 0 Å². The molecule has 0 unspecified atom stereocenters. The Bertz CT molecular complexity index is 347. The summed E-state index contributed by atoms with van der Waals surface area (Å²) in [5.74, 6) is 0. The number of rotatable bonds is 1. The number of hydrogen-bond acceptors (Lipinski definition) is 2. The van der Waals surface area contributed by atoms with E-state index in [1.54, 1.807) is 24.3 Å². The van der Waals surface area contributed by atoms with E-state index < -0.39 is 0 Å². The Morgan fingerprint density at radius 3 is 2.58 bits per heavy atom. The van der Waals surface area contributed by atoms with Crippen molar-refractivity contribution in [2.75, 3.05) is 0 Å². The molecule has 1 aromatic carbocycles. The van der Waals surface area contributed by atoms with Crippen LogP contribution >= 0.6 is 0 Å². The van der Waals surface area contributed by atoms with E-state index in [9.17, 15) is 0 Å². The van der Waals surface area contributed by atoms with Crippen molar-refractivity contribution in [2.45, 2.75) is 0 Å². The lowest BCUT2D eigenvalue weighted by Crippen LogP contribution is -1.74. The Kier molecular flexibility index (Phi) is 2.65. The normalized spacial score (nSPS) is 7.83. The van der Waals surface area contributed by atoms with Crippen LogP contribution in [0.4, 0.5) is 0 Å². The second-order valence-electron chi connectivity index (χ2n) is 2.10. The highest BCUT2D eigenvalue weighted by Gasteiger charge is 1.91. The van der Waals surface area contributed by atoms with E-state index in [1.807, 2.05) is 12.1 Å². The molecule has 0 bridgehead atoms. The maximum Gasteiger partial charge on any atom is 0.130 e. The molecule has 0 atom stereocenters. The van der Waals surface area contributed by atoms with E-state index in [-0.39, 0.29) is 5.57 Å². The molecule has 0 spiro atoms. The standard InChI is InChI=1S/C10H5N2/c11-7-10(8-12)6-9-4-2-1-3-5-9/h1-4,6H. The van der Waals surface area contributed by atoms with E-state index in [4.69, 9.17) is 10.5 Å². The molecule has 1 rings (SSSR count). The van der Waals surface area contributed by atoms with Crippen LogP contribution in [0.15, 0.2) is 29.8 Å². The largest absolute Gasteiger partial charge is 0.192 e. The van der Waals surface area contributed by atoms with Gasteiger partial charge >= 0.3 is 0 Å². The molecule has 2 nitrogen and oxygen atoms in total. The van der Waals surface area contributed by atoms with Crippen LogP contribution in [0.5, 0.6) is 0 Å². The summed E-state index contributed by atoms with van der Waals surface area (Å²) in [6.45, 7) is 0. The van der Waals surface area contributed by atoms with Crippen molar-refractivity contribution in [1.29, 1.82) is 10.5 Å². The van der Waals surface area contributed by atoms with E-state index >= 15 is 0 Å². The van der Waals surface area contributed by atoms with E-state index in [2.05, 4.69) is 6.07 Å². The fourth-order valence-electron chi connectivity index (χ4n) is 0.742. The van der Waals surface area contributed by atoms with Crippen LogP contribution in [0, 0.1) is 28.7 Å². The zero-order valence-corrected chi connectivity index (χ0v) is 6.28. The van der Waals surface area contributed by atoms with Gasteiger partial charge < -0.3 is 0 Å². The third-order valence-electron chi connectivity index (χ3n) is 1.27. The molecule has 0 heterocycles. The third kappa shape index (κ3) is 1.97. The summed E-state index contributed by atoms with van der Waals surface area (Å²) < 4.78 is 0. The quantitative estimate of drug-likeness (QED) is 0.578. The average molecular weight is 153 g/mol. The van der Waals surface area contributed by atoms with Crippen LogP contribution in [0.2, 0.25) is 0 Å². The molecule has 0 aliphatic heterocycles. The molecule has 1 radical (unpaired) electrons. The Labute approximate surface area is 71.0 Å². The highest BCUT2D eigenvalue weighted by Crippen LogP contribution is 2.03. The summed E-state index contributed by atoms with van der Waals surface area (Å²) in [6, 6.07) is 13.6. The first-order valence-electron chi connectivity index (χ1n) is 3.35. The van der Waals surface area contributed by atoms with Crippen LogP contribution in [0.1, 0.15) is 5.56 Å². The molecule has 0 aliphatic rings. The lowest BCUT2D eigenvalue weighted by molar-refractivity contribution is 1.47. The Morgan fingerprint density at radius 1 is 1.33 bits per heavy atom. The molecule has 0 saturated heterocycles. The van der Waals surface area contributed by atoms with Crippen molar-refractivity contribution in [1.82, 2.24) is 0 Å². The lowest BCUT2D eigenvalue weighted by Gasteiger charge is -1.88. The minimum absolute atomic E-state index is 0.0949. The monoisotopic (exact) mass is 153 g/mol. The van der Waals surface area contributed by atoms with Crippen LogP contribution in [0.25, 0.3) is 6.08 Å². The predicted octanol–water partition coefficient (Wildman–Crippen LogP) is 1.92. The van der Waals surface area contributed by atoms with Gasteiger partial charge in [-0.2, -0.15) is 10.5 Å². The number of hydrogen-bond donors (Lipinski definition) is 0. The first-order chi connectivity index (χ1) is 5.86. The molecule has 1 aromatic rings. The fourth-order valence-corrected chi connectivity index (χ4v) is 0.742. The van der Waals surface area contributed by atoms with Crippen LogP contribution in [0.3, 0.4) is 0 Å². The maximum absolute atomic E-state index is 8.43. The van der Waals surface area contributed by atoms with Gasteiger partial charge in [0.15, 0.2) is 0 Å². The Hall–Kier alpha value is -2.06. The highest BCUT2D eigenvalue weighted by atomic mass is 14.3. The van der Waals surface area contributed by atoms with Crippen molar-refractivity contribution >= 4 is 6.08 Å². The summed E-state index contributed by atoms with van der Waals surface area (Å²) in [4.78, 5) is 0. The second kappa shape index (κ2) is 3.95. The van der Waals surface area contributed by atoms with Crippen molar-refractivity contribution in [2.24, 2.45) is 0 Å². The van der Waals surface area contributed by atoms with Gasteiger partial charge in [0.2, 0.25) is 0 Å². The average Bonchev–Trinajstić information content (AvgIpc) is 2.16. The molecular formula is C10H5N2. The smallest absolute Gasteiger partial charge is 0.130 e. The van der Waals surface area contributed by atoms with Crippen LogP contribution < -0.4 is 0 Å². The predicted molar refractivity (Wildman–Crippen MR) is 44.5 cm³/mol. The topological polar surface area (TPSA) is 47.6 Å². The van der Waals surface area contributed by atoms with Gasteiger partial charge in [0.25, 0.3) is 0 Å². The lowest BCUT2D eigenvalue weighted by atomic mass is 10.1. The van der Waals surface area contributed by atoms with Gasteiger partial charge in [-0.25, -0.2) is 0 Å². The molecule has 0 aromatic heterocycles. The molecule has 0 fully saturated rings. The van der Waals surface area contributed by atoms with Gasteiger partial charge in [-0.05, 0) is 17.7 Å².